The number of carbonyl (C=O) groups excluding carboxylic acids is 1. The number of nitrogens with zero attached hydrogens (tertiary/aromatic N) is 2. The lowest BCUT2D eigenvalue weighted by atomic mass is 9.72. The van der Waals surface area contributed by atoms with Gasteiger partial charge in [0.25, 0.3) is 0 Å². The van der Waals surface area contributed by atoms with Crippen LogP contribution >= 0.6 is 0 Å². The molecule has 42 heavy (non-hydrogen) atoms. The van der Waals surface area contributed by atoms with Crippen molar-refractivity contribution in [3.05, 3.63) is 132 Å². The highest BCUT2D eigenvalue weighted by Crippen LogP contribution is 2.50. The Morgan fingerprint density at radius 1 is 0.738 bits per heavy atom. The fourth-order valence-corrected chi connectivity index (χ4v) is 7.18. The Hall–Kier alpha value is -3.73. The summed E-state index contributed by atoms with van der Waals surface area (Å²) in [6.45, 7) is 6.48. The molecule has 1 saturated heterocycles. The summed E-state index contributed by atoms with van der Waals surface area (Å²) >= 11 is 0. The molecule has 216 valence electrons. The number of likely N-dealkylation sites (tertiary alicyclic amines) is 1. The van der Waals surface area contributed by atoms with Gasteiger partial charge in [-0.05, 0) is 80.2 Å². The molecule has 2 aliphatic heterocycles. The van der Waals surface area contributed by atoms with E-state index in [0.717, 1.165) is 69.7 Å². The number of fused-ring (bicyclic) bond motifs is 1. The molecule has 0 radical (unpaired) electrons. The molecule has 4 nitrogen and oxygen atoms in total. The van der Waals surface area contributed by atoms with E-state index < -0.39 is 5.41 Å². The first-order valence-electron chi connectivity index (χ1n) is 15.5. The monoisotopic (exact) mass is 558 g/mol. The van der Waals surface area contributed by atoms with Crippen LogP contribution in [0.4, 0.5) is 11.4 Å². The smallest absolute Gasteiger partial charge is 0.242 e. The van der Waals surface area contributed by atoms with Crippen molar-refractivity contribution in [1.29, 1.82) is 0 Å². The molecular weight excluding hydrogens is 516 g/mol. The first kappa shape index (κ1) is 28.4. The van der Waals surface area contributed by atoms with E-state index >= 15 is 0 Å². The molecule has 1 amide bonds. The van der Waals surface area contributed by atoms with Crippen molar-refractivity contribution in [3.8, 4) is 0 Å². The van der Waals surface area contributed by atoms with E-state index in [2.05, 4.69) is 90.7 Å². The van der Waals surface area contributed by atoms with Crippen molar-refractivity contribution in [3.63, 3.8) is 0 Å². The SMILES string of the molecule is CCCC1(CCN2CCC(COCc3ccccc3)(c3ccccc3)CC2)C(=O)N(c2ccccc2)c2ccccc21. The van der Waals surface area contributed by atoms with Crippen molar-refractivity contribution >= 4 is 17.3 Å². The molecule has 2 aliphatic rings. The highest BCUT2D eigenvalue weighted by atomic mass is 16.5. The average Bonchev–Trinajstić information content (AvgIpc) is 3.29. The van der Waals surface area contributed by atoms with Crippen LogP contribution in [-0.2, 0) is 27.0 Å². The van der Waals surface area contributed by atoms with E-state index in [9.17, 15) is 4.79 Å². The van der Waals surface area contributed by atoms with Crippen LogP contribution in [0, 0.1) is 0 Å². The fraction of sp³-hybridized carbons (Fsp3) is 0.342. The number of benzene rings is 4. The molecule has 6 rings (SSSR count). The molecule has 4 aromatic rings. The number of piperidine rings is 1. The Morgan fingerprint density at radius 2 is 1.36 bits per heavy atom. The average molecular weight is 559 g/mol. The molecule has 4 aromatic carbocycles. The van der Waals surface area contributed by atoms with Gasteiger partial charge in [-0.3, -0.25) is 9.69 Å². The van der Waals surface area contributed by atoms with Crippen LogP contribution in [0.15, 0.2) is 115 Å². The molecular formula is C38H42N2O2. The van der Waals surface area contributed by atoms with Crippen molar-refractivity contribution in [2.45, 2.75) is 56.5 Å². The van der Waals surface area contributed by atoms with Gasteiger partial charge in [0.1, 0.15) is 0 Å². The molecule has 0 aliphatic carbocycles. The molecule has 0 N–H and O–H groups in total. The van der Waals surface area contributed by atoms with Gasteiger partial charge in [-0.15, -0.1) is 0 Å². The van der Waals surface area contributed by atoms with Crippen LogP contribution in [0.3, 0.4) is 0 Å². The molecule has 0 bridgehead atoms. The molecule has 0 spiro atoms. The van der Waals surface area contributed by atoms with Gasteiger partial charge in [-0.1, -0.05) is 110 Å². The predicted molar refractivity (Wildman–Crippen MR) is 171 cm³/mol. The minimum atomic E-state index is -0.492. The second kappa shape index (κ2) is 12.6. The van der Waals surface area contributed by atoms with E-state index in [-0.39, 0.29) is 11.3 Å². The van der Waals surface area contributed by atoms with E-state index in [1.165, 1.54) is 16.7 Å². The lowest BCUT2D eigenvalue weighted by molar-refractivity contribution is -0.123. The van der Waals surface area contributed by atoms with E-state index in [1.54, 1.807) is 0 Å². The zero-order chi connectivity index (χ0) is 28.8. The van der Waals surface area contributed by atoms with Gasteiger partial charge in [0.05, 0.1) is 24.3 Å². The Balaban J connectivity index is 1.17. The number of rotatable bonds is 11. The molecule has 1 atom stereocenters. The summed E-state index contributed by atoms with van der Waals surface area (Å²) in [5, 5.41) is 0. The van der Waals surface area contributed by atoms with Gasteiger partial charge in [0, 0.05) is 11.1 Å². The highest BCUT2D eigenvalue weighted by molar-refractivity contribution is 6.13. The van der Waals surface area contributed by atoms with Gasteiger partial charge in [-0.25, -0.2) is 0 Å². The number of para-hydroxylation sites is 2. The number of anilines is 2. The third-order valence-corrected chi connectivity index (χ3v) is 9.51. The second-order valence-electron chi connectivity index (χ2n) is 12.0. The van der Waals surface area contributed by atoms with Crippen molar-refractivity contribution < 1.29 is 9.53 Å². The van der Waals surface area contributed by atoms with E-state index in [1.807, 2.05) is 41.3 Å². The van der Waals surface area contributed by atoms with Gasteiger partial charge in [-0.2, -0.15) is 0 Å². The number of amides is 1. The molecule has 0 saturated carbocycles. The van der Waals surface area contributed by atoms with E-state index in [0.29, 0.717) is 6.61 Å². The lowest BCUT2D eigenvalue weighted by Gasteiger charge is -2.43. The first-order valence-corrected chi connectivity index (χ1v) is 15.5. The minimum absolute atomic E-state index is 0.00747. The zero-order valence-electron chi connectivity index (χ0n) is 24.8. The van der Waals surface area contributed by atoms with Crippen LogP contribution in [0.1, 0.15) is 55.7 Å². The summed E-state index contributed by atoms with van der Waals surface area (Å²) in [7, 11) is 0. The fourth-order valence-electron chi connectivity index (χ4n) is 7.18. The van der Waals surface area contributed by atoms with Crippen LogP contribution < -0.4 is 4.90 Å². The molecule has 0 aromatic heterocycles. The van der Waals surface area contributed by atoms with Crippen LogP contribution in [0.2, 0.25) is 0 Å². The summed E-state index contributed by atoms with van der Waals surface area (Å²) < 4.78 is 6.38. The molecule has 4 heteroatoms. The molecule has 2 heterocycles. The third-order valence-electron chi connectivity index (χ3n) is 9.51. The molecule has 1 unspecified atom stereocenters. The summed E-state index contributed by atoms with van der Waals surface area (Å²) in [5.74, 6) is 0.224. The topological polar surface area (TPSA) is 32.8 Å². The second-order valence-corrected chi connectivity index (χ2v) is 12.0. The number of hydrogen-bond donors (Lipinski definition) is 0. The predicted octanol–water partition coefficient (Wildman–Crippen LogP) is 8.04. The first-order chi connectivity index (χ1) is 20.7. The zero-order valence-corrected chi connectivity index (χ0v) is 24.8. The van der Waals surface area contributed by atoms with Gasteiger partial charge >= 0.3 is 0 Å². The quantitative estimate of drug-likeness (QED) is 0.187. The standard InChI is InChI=1S/C38H42N2O2/c1-2-22-38(34-20-12-13-21-35(34)40(36(38)41)33-18-10-5-11-19-33)25-28-39-26-23-37(24-27-39,32-16-8-4-9-17-32)30-42-29-31-14-6-3-7-15-31/h3-21H,2,22-30H2,1H3. The van der Waals surface area contributed by atoms with Gasteiger partial charge in [0.15, 0.2) is 0 Å². The summed E-state index contributed by atoms with van der Waals surface area (Å²) in [4.78, 5) is 18.9. The van der Waals surface area contributed by atoms with Crippen molar-refractivity contribution in [2.24, 2.45) is 0 Å². The summed E-state index contributed by atoms with van der Waals surface area (Å²) in [5.41, 5.74) is 5.28. The Labute approximate surface area is 250 Å². The normalized spacial score (nSPS) is 20.0. The van der Waals surface area contributed by atoms with E-state index in [4.69, 9.17) is 4.74 Å². The Morgan fingerprint density at radius 3 is 2.05 bits per heavy atom. The minimum Gasteiger partial charge on any atom is -0.376 e. The maximum absolute atomic E-state index is 14.4. The number of carbonyl (C=O) groups is 1. The largest absolute Gasteiger partial charge is 0.376 e. The van der Waals surface area contributed by atoms with Crippen LogP contribution in [0.25, 0.3) is 0 Å². The van der Waals surface area contributed by atoms with Crippen molar-refractivity contribution in [2.75, 3.05) is 31.1 Å². The summed E-state index contributed by atoms with van der Waals surface area (Å²) in [6.07, 6.45) is 4.77. The van der Waals surface area contributed by atoms with Crippen LogP contribution in [-0.4, -0.2) is 37.0 Å². The number of ether oxygens (including phenoxy) is 1. The molecule has 1 fully saturated rings. The lowest BCUT2D eigenvalue weighted by Crippen LogP contribution is -2.47. The van der Waals surface area contributed by atoms with Crippen LogP contribution in [0.5, 0.6) is 0 Å². The highest BCUT2D eigenvalue weighted by Gasteiger charge is 2.50. The maximum atomic E-state index is 14.4. The van der Waals surface area contributed by atoms with Crippen molar-refractivity contribution in [1.82, 2.24) is 4.90 Å². The Bertz CT molecular complexity index is 1450. The maximum Gasteiger partial charge on any atom is 0.242 e. The summed E-state index contributed by atoms with van der Waals surface area (Å²) in [6, 6.07) is 40.0. The third kappa shape index (κ3) is 5.54. The van der Waals surface area contributed by atoms with Gasteiger partial charge in [0.2, 0.25) is 5.91 Å². The number of hydrogen-bond acceptors (Lipinski definition) is 3. The van der Waals surface area contributed by atoms with Gasteiger partial charge < -0.3 is 9.64 Å². The Kier molecular flexibility index (Phi) is 8.55.